The molecule has 5 heteroatoms. The molecule has 0 fully saturated rings. The van der Waals surface area contributed by atoms with E-state index in [9.17, 15) is 0 Å². The van der Waals surface area contributed by atoms with Crippen molar-refractivity contribution in [1.29, 1.82) is 0 Å². The number of nitrogens with zero attached hydrogens (tertiary/aromatic N) is 1. The zero-order chi connectivity index (χ0) is 8.10. The molecular formula is C6H10N2O2S. The van der Waals surface area contributed by atoms with E-state index in [1.807, 2.05) is 5.38 Å². The molecule has 62 valence electrons. The lowest BCUT2D eigenvalue weighted by Gasteiger charge is -2.06. The van der Waals surface area contributed by atoms with Gasteiger partial charge in [0.25, 0.3) is 0 Å². The van der Waals surface area contributed by atoms with Crippen molar-refractivity contribution in [3.05, 3.63) is 11.6 Å². The van der Waals surface area contributed by atoms with Crippen LogP contribution in [0.5, 0.6) is 0 Å². The average molecular weight is 174 g/mol. The highest BCUT2D eigenvalue weighted by atomic mass is 32.1. The molecule has 1 aromatic rings. The quantitative estimate of drug-likeness (QED) is 0.597. The molecule has 0 spiro atoms. The number of aromatic nitrogens is 1. The van der Waals surface area contributed by atoms with Crippen LogP contribution >= 0.6 is 11.3 Å². The molecule has 1 aromatic heterocycles. The van der Waals surface area contributed by atoms with Crippen LogP contribution in [0.1, 0.15) is 0 Å². The maximum atomic E-state index is 8.92. The lowest BCUT2D eigenvalue weighted by atomic mass is 10.4. The summed E-state index contributed by atoms with van der Waals surface area (Å²) in [6, 6.07) is 0. The van der Waals surface area contributed by atoms with Gasteiger partial charge in [0.2, 0.25) is 0 Å². The summed E-state index contributed by atoms with van der Waals surface area (Å²) in [6.07, 6.45) is 0.970. The standard InChI is InChI=1S/C6H10N2O2S/c9-4-5(10)3-8-6-7-1-2-11-6/h1-2,5,9-10H,3-4H2,(H,7,8). The fourth-order valence-corrected chi connectivity index (χ4v) is 1.12. The fraction of sp³-hybridized carbons (Fsp3) is 0.500. The van der Waals surface area contributed by atoms with Gasteiger partial charge in [-0.15, -0.1) is 11.3 Å². The van der Waals surface area contributed by atoms with E-state index in [1.165, 1.54) is 11.3 Å². The lowest BCUT2D eigenvalue weighted by Crippen LogP contribution is -2.22. The summed E-state index contributed by atoms with van der Waals surface area (Å²) in [5, 5.41) is 22.9. The van der Waals surface area contributed by atoms with E-state index in [-0.39, 0.29) is 6.61 Å². The molecular weight excluding hydrogens is 164 g/mol. The first-order valence-electron chi connectivity index (χ1n) is 3.25. The lowest BCUT2D eigenvalue weighted by molar-refractivity contribution is 0.105. The molecule has 1 rings (SSSR count). The van der Waals surface area contributed by atoms with Crippen molar-refractivity contribution in [2.24, 2.45) is 0 Å². The van der Waals surface area contributed by atoms with Gasteiger partial charge in [-0.1, -0.05) is 0 Å². The summed E-state index contributed by atoms with van der Waals surface area (Å²) in [4.78, 5) is 3.94. The predicted octanol–water partition coefficient (Wildman–Crippen LogP) is -0.0918. The first kappa shape index (κ1) is 8.45. The van der Waals surface area contributed by atoms with Gasteiger partial charge in [0.1, 0.15) is 0 Å². The molecule has 3 N–H and O–H groups in total. The molecule has 1 atom stereocenters. The Labute approximate surface area is 68.5 Å². The van der Waals surface area contributed by atoms with Crippen LogP contribution in [0.3, 0.4) is 0 Å². The third kappa shape index (κ3) is 2.83. The highest BCUT2D eigenvalue weighted by Crippen LogP contribution is 2.09. The van der Waals surface area contributed by atoms with Gasteiger partial charge in [0.05, 0.1) is 12.7 Å². The Kier molecular flexibility index (Phi) is 3.28. The molecule has 0 aliphatic heterocycles. The smallest absolute Gasteiger partial charge is 0.182 e. The summed E-state index contributed by atoms with van der Waals surface area (Å²) in [7, 11) is 0. The van der Waals surface area contributed by atoms with E-state index >= 15 is 0 Å². The zero-order valence-corrected chi connectivity index (χ0v) is 6.71. The minimum absolute atomic E-state index is 0.224. The number of hydrogen-bond donors (Lipinski definition) is 3. The average Bonchev–Trinajstić information content (AvgIpc) is 2.52. The Balaban J connectivity index is 2.23. The van der Waals surface area contributed by atoms with E-state index in [0.29, 0.717) is 6.54 Å². The molecule has 4 nitrogen and oxygen atoms in total. The molecule has 0 aromatic carbocycles. The van der Waals surface area contributed by atoms with E-state index < -0.39 is 6.10 Å². The van der Waals surface area contributed by atoms with Gasteiger partial charge in [-0.25, -0.2) is 4.98 Å². The number of hydrogen-bond acceptors (Lipinski definition) is 5. The highest BCUT2D eigenvalue weighted by molar-refractivity contribution is 7.13. The minimum atomic E-state index is -0.709. The van der Waals surface area contributed by atoms with Crippen LogP contribution in [0.2, 0.25) is 0 Å². The molecule has 11 heavy (non-hydrogen) atoms. The van der Waals surface area contributed by atoms with Gasteiger partial charge in [-0.3, -0.25) is 0 Å². The van der Waals surface area contributed by atoms with Crippen molar-refractivity contribution >= 4 is 16.5 Å². The van der Waals surface area contributed by atoms with Crippen molar-refractivity contribution in [1.82, 2.24) is 4.98 Å². The summed E-state index contributed by atoms with van der Waals surface area (Å²) >= 11 is 1.46. The van der Waals surface area contributed by atoms with Crippen LogP contribution in [0, 0.1) is 0 Å². The number of aliphatic hydroxyl groups excluding tert-OH is 2. The topological polar surface area (TPSA) is 65.4 Å². The third-order valence-corrected chi connectivity index (χ3v) is 1.86. The molecule has 1 heterocycles. The van der Waals surface area contributed by atoms with Gasteiger partial charge in [-0.05, 0) is 0 Å². The molecule has 0 radical (unpaired) electrons. The largest absolute Gasteiger partial charge is 0.394 e. The molecule has 0 bridgehead atoms. The minimum Gasteiger partial charge on any atom is -0.394 e. The first-order chi connectivity index (χ1) is 5.33. The van der Waals surface area contributed by atoms with Crippen molar-refractivity contribution in [3.63, 3.8) is 0 Å². The molecule has 0 saturated heterocycles. The van der Waals surface area contributed by atoms with E-state index in [0.717, 1.165) is 5.13 Å². The van der Waals surface area contributed by atoms with Crippen molar-refractivity contribution in [2.75, 3.05) is 18.5 Å². The summed E-state index contributed by atoms with van der Waals surface area (Å²) in [5.41, 5.74) is 0. The van der Waals surface area contributed by atoms with Crippen LogP contribution in [0.25, 0.3) is 0 Å². The van der Waals surface area contributed by atoms with E-state index in [2.05, 4.69) is 10.3 Å². The zero-order valence-electron chi connectivity index (χ0n) is 5.90. The fourth-order valence-electron chi connectivity index (χ4n) is 0.580. The highest BCUT2D eigenvalue weighted by Gasteiger charge is 2.01. The Morgan fingerprint density at radius 1 is 1.73 bits per heavy atom. The Morgan fingerprint density at radius 3 is 3.09 bits per heavy atom. The second kappa shape index (κ2) is 4.27. The van der Waals surface area contributed by atoms with Gasteiger partial charge < -0.3 is 15.5 Å². The van der Waals surface area contributed by atoms with Crippen molar-refractivity contribution in [2.45, 2.75) is 6.10 Å². The van der Waals surface area contributed by atoms with Crippen LogP contribution in [-0.2, 0) is 0 Å². The Hall–Kier alpha value is -0.650. The first-order valence-corrected chi connectivity index (χ1v) is 4.13. The van der Waals surface area contributed by atoms with Crippen LogP contribution < -0.4 is 5.32 Å². The number of thiazole rings is 1. The van der Waals surface area contributed by atoms with Crippen LogP contribution in [0.15, 0.2) is 11.6 Å². The van der Waals surface area contributed by atoms with E-state index in [4.69, 9.17) is 10.2 Å². The summed E-state index contributed by atoms with van der Waals surface area (Å²) in [5.74, 6) is 0. The number of nitrogens with one attached hydrogen (secondary N) is 1. The van der Waals surface area contributed by atoms with Crippen molar-refractivity contribution < 1.29 is 10.2 Å². The Bertz CT molecular complexity index is 190. The normalized spacial score (nSPS) is 12.9. The van der Waals surface area contributed by atoms with Crippen LogP contribution in [0.4, 0.5) is 5.13 Å². The molecule has 0 amide bonds. The summed E-state index contributed by atoms with van der Waals surface area (Å²) in [6.45, 7) is 0.113. The number of aliphatic hydroxyl groups is 2. The second-order valence-electron chi connectivity index (χ2n) is 2.05. The number of anilines is 1. The summed E-state index contributed by atoms with van der Waals surface area (Å²) < 4.78 is 0. The molecule has 0 aliphatic rings. The van der Waals surface area contributed by atoms with Gasteiger partial charge in [-0.2, -0.15) is 0 Å². The Morgan fingerprint density at radius 2 is 2.55 bits per heavy atom. The molecule has 0 saturated carbocycles. The monoisotopic (exact) mass is 174 g/mol. The SMILES string of the molecule is OCC(O)CNc1nccs1. The van der Waals surface area contributed by atoms with Crippen molar-refractivity contribution in [3.8, 4) is 0 Å². The van der Waals surface area contributed by atoms with Crippen LogP contribution in [-0.4, -0.2) is 34.5 Å². The number of rotatable bonds is 4. The maximum Gasteiger partial charge on any atom is 0.182 e. The van der Waals surface area contributed by atoms with Gasteiger partial charge in [0.15, 0.2) is 5.13 Å². The van der Waals surface area contributed by atoms with Gasteiger partial charge >= 0.3 is 0 Å². The van der Waals surface area contributed by atoms with Gasteiger partial charge in [0, 0.05) is 18.1 Å². The van der Waals surface area contributed by atoms with E-state index in [1.54, 1.807) is 6.20 Å². The molecule has 1 unspecified atom stereocenters. The third-order valence-electron chi connectivity index (χ3n) is 1.13. The second-order valence-corrected chi connectivity index (χ2v) is 2.95. The maximum absolute atomic E-state index is 8.92. The predicted molar refractivity (Wildman–Crippen MR) is 43.7 cm³/mol. The molecule has 0 aliphatic carbocycles.